The number of benzene rings is 2. The molecule has 5 rings (SSSR count). The fraction of sp³-hybridized carbons (Fsp3) is 0.138. The number of anilines is 2. The molecule has 35 heavy (non-hydrogen) atoms. The fourth-order valence-corrected chi connectivity index (χ4v) is 4.55. The molecule has 0 aliphatic carbocycles. The predicted octanol–water partition coefficient (Wildman–Crippen LogP) is 7.02. The largest absolute Gasteiger partial charge is 0.489 e. The van der Waals surface area contributed by atoms with Gasteiger partial charge in [-0.25, -0.2) is 15.0 Å². The first-order chi connectivity index (χ1) is 17.2. The van der Waals surface area contributed by atoms with Gasteiger partial charge in [0.05, 0.1) is 15.6 Å². The molecule has 1 N–H and O–H groups in total. The Balaban J connectivity index is 1.17. The number of thiazole rings is 1. The monoisotopic (exact) mass is 478 g/mol. The van der Waals surface area contributed by atoms with E-state index in [1.807, 2.05) is 73.8 Å². The van der Waals surface area contributed by atoms with Crippen LogP contribution in [0.2, 0.25) is 0 Å². The Morgan fingerprint density at radius 1 is 0.800 bits per heavy atom. The lowest BCUT2D eigenvalue weighted by Gasteiger charge is -2.07. The molecule has 3 heterocycles. The van der Waals surface area contributed by atoms with E-state index in [2.05, 4.69) is 39.6 Å². The number of aryl methyl sites for hydroxylation is 3. The number of nitrogens with zero attached hydrogens (tertiary/aromatic N) is 3. The van der Waals surface area contributed by atoms with Crippen LogP contribution in [0, 0.1) is 6.92 Å². The van der Waals surface area contributed by atoms with Crippen molar-refractivity contribution in [3.63, 3.8) is 0 Å². The maximum atomic E-state index is 5.89. The van der Waals surface area contributed by atoms with E-state index in [0.717, 1.165) is 51.4 Å². The molecule has 6 heteroatoms. The highest BCUT2D eigenvalue weighted by molar-refractivity contribution is 7.15. The van der Waals surface area contributed by atoms with Crippen molar-refractivity contribution in [3.8, 4) is 16.3 Å². The Morgan fingerprint density at radius 2 is 1.66 bits per heavy atom. The molecule has 0 saturated carbocycles. The normalized spacial score (nSPS) is 10.8. The maximum Gasteiger partial charge on any atom is 0.132 e. The molecule has 5 aromatic rings. The first kappa shape index (κ1) is 22.7. The van der Waals surface area contributed by atoms with Crippen LogP contribution in [0.1, 0.15) is 21.7 Å². The zero-order valence-corrected chi connectivity index (χ0v) is 20.3. The van der Waals surface area contributed by atoms with Gasteiger partial charge in [-0.2, -0.15) is 0 Å². The van der Waals surface area contributed by atoms with Crippen LogP contribution in [0.5, 0.6) is 5.75 Å². The predicted molar refractivity (Wildman–Crippen MR) is 142 cm³/mol. The van der Waals surface area contributed by atoms with Gasteiger partial charge < -0.3 is 10.1 Å². The lowest BCUT2D eigenvalue weighted by molar-refractivity contribution is 0.306. The molecule has 0 fully saturated rings. The molecule has 0 radical (unpaired) electrons. The van der Waals surface area contributed by atoms with Crippen LogP contribution in [0.3, 0.4) is 0 Å². The van der Waals surface area contributed by atoms with Gasteiger partial charge >= 0.3 is 0 Å². The van der Waals surface area contributed by atoms with Gasteiger partial charge in [-0.3, -0.25) is 0 Å². The highest BCUT2D eigenvalue weighted by Gasteiger charge is 2.08. The molecule has 0 amide bonds. The van der Waals surface area contributed by atoms with Gasteiger partial charge in [0.1, 0.15) is 24.0 Å². The Hall–Kier alpha value is -4.03. The minimum atomic E-state index is 0.578. The zero-order valence-electron chi connectivity index (χ0n) is 19.5. The standard InChI is InChI=1S/C29H26N4OS/c1-21-16-17-30-28(18-21)33-27-9-5-8-25(32-27)26-19-31-29(35-26)15-12-22-10-13-24(14-11-22)34-20-23-6-3-2-4-7-23/h2-11,13-14,16-19H,12,15,20H2,1H3,(H,30,32,33). The first-order valence-electron chi connectivity index (χ1n) is 11.6. The average Bonchev–Trinajstić information content (AvgIpc) is 3.37. The van der Waals surface area contributed by atoms with E-state index in [9.17, 15) is 0 Å². The summed E-state index contributed by atoms with van der Waals surface area (Å²) in [6.07, 6.45) is 5.53. The van der Waals surface area contributed by atoms with Crippen molar-refractivity contribution >= 4 is 23.0 Å². The van der Waals surface area contributed by atoms with Gasteiger partial charge in [0, 0.05) is 18.8 Å². The van der Waals surface area contributed by atoms with E-state index in [1.54, 1.807) is 17.5 Å². The quantitative estimate of drug-likeness (QED) is 0.247. The average molecular weight is 479 g/mol. The molecule has 0 aliphatic heterocycles. The van der Waals surface area contributed by atoms with Crippen molar-refractivity contribution in [3.05, 3.63) is 119 Å². The summed E-state index contributed by atoms with van der Waals surface area (Å²) in [5, 5.41) is 4.38. The molecule has 0 unspecified atom stereocenters. The summed E-state index contributed by atoms with van der Waals surface area (Å²) in [5.74, 6) is 2.44. The van der Waals surface area contributed by atoms with Gasteiger partial charge in [-0.15, -0.1) is 11.3 Å². The van der Waals surface area contributed by atoms with Crippen molar-refractivity contribution in [1.29, 1.82) is 0 Å². The summed E-state index contributed by atoms with van der Waals surface area (Å²) in [4.78, 5) is 14.8. The number of hydrogen-bond acceptors (Lipinski definition) is 6. The summed E-state index contributed by atoms with van der Waals surface area (Å²) >= 11 is 1.69. The van der Waals surface area contributed by atoms with Gasteiger partial charge in [0.25, 0.3) is 0 Å². The summed E-state index contributed by atoms with van der Waals surface area (Å²) in [7, 11) is 0. The third-order valence-corrected chi connectivity index (χ3v) is 6.61. The van der Waals surface area contributed by atoms with Crippen LogP contribution >= 0.6 is 11.3 Å². The van der Waals surface area contributed by atoms with Crippen LogP contribution in [-0.2, 0) is 19.4 Å². The molecule has 3 aromatic heterocycles. The highest BCUT2D eigenvalue weighted by atomic mass is 32.1. The second-order valence-electron chi connectivity index (χ2n) is 8.29. The number of ether oxygens (including phenoxy) is 1. The van der Waals surface area contributed by atoms with E-state index < -0.39 is 0 Å². The Morgan fingerprint density at radius 3 is 2.49 bits per heavy atom. The summed E-state index contributed by atoms with van der Waals surface area (Å²) in [6, 6.07) is 28.5. The van der Waals surface area contributed by atoms with Gasteiger partial charge in [-0.05, 0) is 66.4 Å². The molecule has 2 aromatic carbocycles. The molecule has 5 nitrogen and oxygen atoms in total. The minimum absolute atomic E-state index is 0.578. The van der Waals surface area contributed by atoms with E-state index >= 15 is 0 Å². The molecule has 0 saturated heterocycles. The van der Waals surface area contributed by atoms with E-state index in [4.69, 9.17) is 9.72 Å². The van der Waals surface area contributed by atoms with Crippen LogP contribution < -0.4 is 10.1 Å². The second-order valence-corrected chi connectivity index (χ2v) is 9.40. The van der Waals surface area contributed by atoms with E-state index in [-0.39, 0.29) is 0 Å². The van der Waals surface area contributed by atoms with Crippen molar-refractivity contribution in [1.82, 2.24) is 15.0 Å². The van der Waals surface area contributed by atoms with Gasteiger partial charge in [0.15, 0.2) is 0 Å². The van der Waals surface area contributed by atoms with Gasteiger partial charge in [0.2, 0.25) is 0 Å². The van der Waals surface area contributed by atoms with Crippen molar-refractivity contribution < 1.29 is 4.74 Å². The Bertz CT molecular complexity index is 1380. The fourth-order valence-electron chi connectivity index (χ4n) is 3.67. The molecule has 0 spiro atoms. The Labute approximate surface area is 209 Å². The third-order valence-electron chi connectivity index (χ3n) is 5.53. The topological polar surface area (TPSA) is 59.9 Å². The molecule has 174 valence electrons. The molecular formula is C29H26N4OS. The van der Waals surface area contributed by atoms with Crippen LogP contribution in [-0.4, -0.2) is 15.0 Å². The maximum absolute atomic E-state index is 5.89. The van der Waals surface area contributed by atoms with E-state index in [0.29, 0.717) is 6.61 Å². The smallest absolute Gasteiger partial charge is 0.132 e. The SMILES string of the molecule is Cc1ccnc(Nc2cccc(-c3cnc(CCc4ccc(OCc5ccccc5)cc4)s3)n2)c1. The molecule has 0 atom stereocenters. The van der Waals surface area contributed by atoms with Gasteiger partial charge in [-0.1, -0.05) is 48.5 Å². The Kier molecular flexibility index (Phi) is 7.10. The first-order valence-corrected chi connectivity index (χ1v) is 12.4. The second kappa shape index (κ2) is 10.9. The minimum Gasteiger partial charge on any atom is -0.489 e. The lowest BCUT2D eigenvalue weighted by Crippen LogP contribution is -1.96. The number of hydrogen-bond donors (Lipinski definition) is 1. The van der Waals surface area contributed by atoms with Crippen LogP contribution in [0.15, 0.2) is 97.3 Å². The van der Waals surface area contributed by atoms with Crippen molar-refractivity contribution in [2.75, 3.05) is 5.32 Å². The molecular weight excluding hydrogens is 452 g/mol. The van der Waals surface area contributed by atoms with Crippen LogP contribution in [0.25, 0.3) is 10.6 Å². The van der Waals surface area contributed by atoms with Crippen LogP contribution in [0.4, 0.5) is 11.6 Å². The summed E-state index contributed by atoms with van der Waals surface area (Å²) < 4.78 is 5.89. The number of aromatic nitrogens is 3. The molecule has 0 bridgehead atoms. The summed E-state index contributed by atoms with van der Waals surface area (Å²) in [5.41, 5.74) is 4.49. The zero-order chi connectivity index (χ0) is 23.9. The van der Waals surface area contributed by atoms with Crippen molar-refractivity contribution in [2.45, 2.75) is 26.4 Å². The molecule has 0 aliphatic rings. The van der Waals surface area contributed by atoms with E-state index in [1.165, 1.54) is 11.1 Å². The summed E-state index contributed by atoms with van der Waals surface area (Å²) in [6.45, 7) is 2.62. The lowest BCUT2D eigenvalue weighted by atomic mass is 10.1. The number of nitrogens with one attached hydrogen (secondary N) is 1. The highest BCUT2D eigenvalue weighted by Crippen LogP contribution is 2.27. The number of pyridine rings is 2. The number of rotatable bonds is 9. The third kappa shape index (κ3) is 6.31. The van der Waals surface area contributed by atoms with Crippen molar-refractivity contribution in [2.24, 2.45) is 0 Å².